The summed E-state index contributed by atoms with van der Waals surface area (Å²) < 4.78 is 37.3. The second kappa shape index (κ2) is 12.4. The Morgan fingerprint density at radius 3 is 2.62 bits per heavy atom. The lowest BCUT2D eigenvalue weighted by molar-refractivity contribution is -0.143. The van der Waals surface area contributed by atoms with Crippen LogP contribution in [0.1, 0.15) is 76.8 Å². The summed E-state index contributed by atoms with van der Waals surface area (Å²) in [6.45, 7) is 8.33. The standard InChI is InChI=1S/C34H49N5O5S/c1-4-44-30(40)23-38(18-7-17-37-21-16-35-25-37)31(41)36-29-22-27-11-13-34(29,32(27,2)3)24-45(42,43)39-19-14-33(15-20-39)12-10-26-8-5-6-9-28(26)33/h5-6,8-9,16,21,25,27,29H,4,7,10-15,17-20,22-24H2,1-3H3,(H,36,41)/t27-,29+,34-/m1/s1. The van der Waals surface area contributed by atoms with Crippen molar-refractivity contribution >= 4 is 22.0 Å². The predicted octanol–water partition coefficient (Wildman–Crippen LogP) is 4.35. The lowest BCUT2D eigenvalue weighted by Crippen LogP contribution is -2.57. The van der Waals surface area contributed by atoms with Gasteiger partial charge in [-0.05, 0) is 86.2 Å². The van der Waals surface area contributed by atoms with E-state index in [1.165, 1.54) is 16.0 Å². The van der Waals surface area contributed by atoms with Crippen LogP contribution in [0.2, 0.25) is 0 Å². The fraction of sp³-hybridized carbons (Fsp3) is 0.676. The number of nitrogens with zero attached hydrogens (tertiary/aromatic N) is 4. The molecular formula is C34H49N5O5S. The number of hydrogen-bond acceptors (Lipinski definition) is 6. The lowest BCUT2D eigenvalue weighted by atomic mass is 9.69. The van der Waals surface area contributed by atoms with Gasteiger partial charge in [0.05, 0.1) is 18.7 Å². The number of imidazole rings is 1. The number of fused-ring (bicyclic) bond motifs is 4. The number of carbonyl (C=O) groups excluding carboxylic acids is 2. The number of sulfonamides is 1. The highest BCUT2D eigenvalue weighted by Gasteiger charge is 2.66. The summed E-state index contributed by atoms with van der Waals surface area (Å²) in [5.74, 6) is -0.0812. The van der Waals surface area contributed by atoms with Crippen LogP contribution in [0.4, 0.5) is 4.79 Å². The molecule has 2 aromatic rings. The molecule has 6 rings (SSSR count). The summed E-state index contributed by atoms with van der Waals surface area (Å²) in [5.41, 5.74) is 2.09. The van der Waals surface area contributed by atoms with Crippen molar-refractivity contribution in [3.8, 4) is 0 Å². The monoisotopic (exact) mass is 639 g/mol. The molecule has 1 saturated heterocycles. The Morgan fingerprint density at radius 2 is 1.91 bits per heavy atom. The number of aryl methyl sites for hydroxylation is 2. The maximum Gasteiger partial charge on any atom is 0.325 e. The molecule has 0 radical (unpaired) electrons. The molecular weight excluding hydrogens is 590 g/mol. The largest absolute Gasteiger partial charge is 0.465 e. The molecule has 2 bridgehead atoms. The highest BCUT2D eigenvalue weighted by Crippen LogP contribution is 2.66. The summed E-state index contributed by atoms with van der Waals surface area (Å²) in [5, 5.41) is 3.25. The number of aromatic nitrogens is 2. The topological polar surface area (TPSA) is 114 Å². The maximum atomic E-state index is 14.2. The molecule has 1 N–H and O–H groups in total. The molecule has 2 saturated carbocycles. The normalized spacial score (nSPS) is 26.6. The molecule has 246 valence electrons. The van der Waals surface area contributed by atoms with Crippen LogP contribution in [0.5, 0.6) is 0 Å². The van der Waals surface area contributed by atoms with Gasteiger partial charge in [0.2, 0.25) is 10.0 Å². The Balaban J connectivity index is 1.15. The van der Waals surface area contributed by atoms with Gasteiger partial charge in [-0.3, -0.25) is 4.79 Å². The van der Waals surface area contributed by atoms with E-state index in [0.717, 1.165) is 44.9 Å². The third-order valence-corrected chi connectivity index (χ3v) is 14.1. The van der Waals surface area contributed by atoms with Crippen LogP contribution >= 0.6 is 0 Å². The summed E-state index contributed by atoms with van der Waals surface area (Å²) >= 11 is 0. The van der Waals surface area contributed by atoms with Gasteiger partial charge in [0.15, 0.2) is 0 Å². The van der Waals surface area contributed by atoms with Crippen molar-refractivity contribution in [1.29, 1.82) is 0 Å². The van der Waals surface area contributed by atoms with E-state index < -0.39 is 21.4 Å². The minimum atomic E-state index is -3.57. The first-order valence-electron chi connectivity index (χ1n) is 16.7. The van der Waals surface area contributed by atoms with Crippen molar-refractivity contribution in [2.45, 2.75) is 90.1 Å². The van der Waals surface area contributed by atoms with Crippen molar-refractivity contribution in [1.82, 2.24) is 24.1 Å². The number of rotatable bonds is 11. The molecule has 4 aliphatic rings. The SMILES string of the molecule is CCOC(=O)CN(CCCn1ccnc1)C(=O)N[C@H]1C[C@H]2CC[C@]1(CS(=O)(=O)N1CCC3(CCc4ccccc43)CC1)C2(C)C. The zero-order valence-electron chi connectivity index (χ0n) is 27.0. The van der Waals surface area contributed by atoms with Crippen LogP contribution < -0.4 is 5.32 Å². The maximum absolute atomic E-state index is 14.2. The van der Waals surface area contributed by atoms with Crippen LogP contribution in [0.15, 0.2) is 43.0 Å². The van der Waals surface area contributed by atoms with E-state index in [4.69, 9.17) is 4.74 Å². The van der Waals surface area contributed by atoms with Gasteiger partial charge in [-0.2, -0.15) is 0 Å². The van der Waals surface area contributed by atoms with Gasteiger partial charge in [-0.1, -0.05) is 38.1 Å². The fourth-order valence-corrected chi connectivity index (χ4v) is 11.5. The van der Waals surface area contributed by atoms with Crippen LogP contribution in [0, 0.1) is 16.7 Å². The number of hydrogen-bond donors (Lipinski definition) is 1. The first-order chi connectivity index (χ1) is 21.5. The molecule has 10 nitrogen and oxygen atoms in total. The van der Waals surface area contributed by atoms with Gasteiger partial charge in [-0.25, -0.2) is 22.5 Å². The zero-order valence-corrected chi connectivity index (χ0v) is 27.9. The lowest BCUT2D eigenvalue weighted by Gasteiger charge is -2.45. The number of urea groups is 1. The molecule has 2 heterocycles. The molecule has 11 heteroatoms. The Morgan fingerprint density at radius 1 is 1.13 bits per heavy atom. The number of amides is 2. The number of benzene rings is 1. The van der Waals surface area contributed by atoms with Crippen molar-refractivity contribution in [2.75, 3.05) is 38.5 Å². The molecule has 3 aliphatic carbocycles. The van der Waals surface area contributed by atoms with Crippen LogP contribution in [0.25, 0.3) is 0 Å². The zero-order chi connectivity index (χ0) is 31.9. The Kier molecular flexibility index (Phi) is 8.80. The molecule has 3 atom stereocenters. The third kappa shape index (κ3) is 5.90. The first-order valence-corrected chi connectivity index (χ1v) is 18.3. The summed E-state index contributed by atoms with van der Waals surface area (Å²) in [6.07, 6.45) is 12.3. The van der Waals surface area contributed by atoms with E-state index in [2.05, 4.69) is 48.4 Å². The Labute approximate surface area is 267 Å². The number of nitrogens with one attached hydrogen (secondary N) is 1. The van der Waals surface area contributed by atoms with Crippen LogP contribution in [-0.2, 0) is 37.9 Å². The van der Waals surface area contributed by atoms with E-state index in [-0.39, 0.29) is 41.8 Å². The number of carbonyl (C=O) groups is 2. The van der Waals surface area contributed by atoms with Crippen molar-refractivity contribution in [2.24, 2.45) is 16.7 Å². The third-order valence-electron chi connectivity index (χ3n) is 12.0. The fourth-order valence-electron chi connectivity index (χ4n) is 9.23. The van der Waals surface area contributed by atoms with E-state index in [0.29, 0.717) is 38.5 Å². The molecule has 2 amide bonds. The highest BCUT2D eigenvalue weighted by atomic mass is 32.2. The molecule has 0 unspecified atom stereocenters. The minimum absolute atomic E-state index is 0.0382. The van der Waals surface area contributed by atoms with E-state index in [9.17, 15) is 18.0 Å². The van der Waals surface area contributed by atoms with Crippen molar-refractivity contribution in [3.63, 3.8) is 0 Å². The van der Waals surface area contributed by atoms with E-state index in [1.807, 2.05) is 10.8 Å². The van der Waals surface area contributed by atoms with Gasteiger partial charge < -0.3 is 19.5 Å². The summed E-state index contributed by atoms with van der Waals surface area (Å²) in [6, 6.07) is 8.04. The van der Waals surface area contributed by atoms with Gasteiger partial charge >= 0.3 is 12.0 Å². The van der Waals surface area contributed by atoms with Gasteiger partial charge in [0, 0.05) is 50.0 Å². The number of ether oxygens (including phenoxy) is 1. The van der Waals surface area contributed by atoms with Crippen molar-refractivity contribution < 1.29 is 22.7 Å². The molecule has 3 fully saturated rings. The van der Waals surface area contributed by atoms with Gasteiger partial charge in [0.25, 0.3) is 0 Å². The number of piperidine rings is 1. The smallest absolute Gasteiger partial charge is 0.325 e. The molecule has 1 aromatic heterocycles. The molecule has 1 aromatic carbocycles. The quantitative estimate of drug-likeness (QED) is 0.366. The first kappa shape index (κ1) is 32.0. The summed E-state index contributed by atoms with van der Waals surface area (Å²) in [4.78, 5) is 31.8. The van der Waals surface area contributed by atoms with E-state index in [1.54, 1.807) is 23.8 Å². The second-order valence-corrected chi connectivity index (χ2v) is 16.3. The molecule has 1 spiro atoms. The Hall–Kier alpha value is -2.92. The average molecular weight is 640 g/mol. The number of esters is 1. The second-order valence-electron chi connectivity index (χ2n) is 14.3. The van der Waals surface area contributed by atoms with Crippen LogP contribution in [-0.4, -0.2) is 83.8 Å². The van der Waals surface area contributed by atoms with Gasteiger partial charge in [0.1, 0.15) is 6.54 Å². The average Bonchev–Trinajstić information content (AvgIpc) is 3.75. The predicted molar refractivity (Wildman–Crippen MR) is 172 cm³/mol. The van der Waals surface area contributed by atoms with E-state index >= 15 is 0 Å². The molecule has 45 heavy (non-hydrogen) atoms. The summed E-state index contributed by atoms with van der Waals surface area (Å²) in [7, 11) is -3.57. The van der Waals surface area contributed by atoms with Crippen molar-refractivity contribution in [3.05, 3.63) is 54.1 Å². The van der Waals surface area contributed by atoms with Gasteiger partial charge in [-0.15, -0.1) is 0 Å². The Bertz CT molecular complexity index is 1480. The molecule has 1 aliphatic heterocycles. The highest BCUT2D eigenvalue weighted by molar-refractivity contribution is 7.89. The minimum Gasteiger partial charge on any atom is -0.465 e. The van der Waals surface area contributed by atoms with Crippen LogP contribution in [0.3, 0.4) is 0 Å².